The fourth-order valence-corrected chi connectivity index (χ4v) is 3.20. The number of rotatable bonds is 2. The molecule has 16 heavy (non-hydrogen) atoms. The molecular weight excluding hydrogens is 298 g/mol. The summed E-state index contributed by atoms with van der Waals surface area (Å²) in [5.74, 6) is 0.861. The van der Waals surface area contributed by atoms with Crippen molar-refractivity contribution in [1.82, 2.24) is 9.97 Å². The largest absolute Gasteiger partial charge is 0.381 e. The molecule has 1 aromatic heterocycles. The van der Waals surface area contributed by atoms with Gasteiger partial charge in [0.2, 0.25) is 0 Å². The number of ether oxygens (including phenoxy) is 1. The number of hydrogen-bond donors (Lipinski definition) is 2. The molecule has 1 saturated heterocycles. The number of aromatic amines is 1. The van der Waals surface area contributed by atoms with Gasteiger partial charge in [0.15, 0.2) is 5.03 Å². The first-order valence-electron chi connectivity index (χ1n) is 4.84. The molecule has 1 aliphatic heterocycles. The maximum absolute atomic E-state index is 11.2. The summed E-state index contributed by atoms with van der Waals surface area (Å²) in [6.07, 6.45) is 1.67. The van der Waals surface area contributed by atoms with Crippen molar-refractivity contribution < 1.29 is 13.2 Å². The van der Waals surface area contributed by atoms with Gasteiger partial charge in [0.25, 0.3) is 10.0 Å². The third-order valence-corrected chi connectivity index (χ3v) is 4.24. The summed E-state index contributed by atoms with van der Waals surface area (Å²) < 4.78 is 27.9. The average molecular weight is 310 g/mol. The van der Waals surface area contributed by atoms with Crippen molar-refractivity contribution in [3.63, 3.8) is 0 Å². The Labute approximate surface area is 102 Å². The van der Waals surface area contributed by atoms with Crippen molar-refractivity contribution in [3.8, 4) is 0 Å². The van der Waals surface area contributed by atoms with Gasteiger partial charge in [-0.2, -0.15) is 0 Å². The van der Waals surface area contributed by atoms with Crippen molar-refractivity contribution in [3.05, 3.63) is 10.4 Å². The highest BCUT2D eigenvalue weighted by atomic mass is 79.9. The summed E-state index contributed by atoms with van der Waals surface area (Å²) in [7, 11) is -3.75. The van der Waals surface area contributed by atoms with E-state index in [2.05, 4.69) is 25.9 Å². The Morgan fingerprint density at radius 3 is 2.56 bits per heavy atom. The zero-order chi connectivity index (χ0) is 11.8. The van der Waals surface area contributed by atoms with Crippen LogP contribution in [0.3, 0.4) is 0 Å². The fourth-order valence-electron chi connectivity index (χ4n) is 1.71. The summed E-state index contributed by atoms with van der Waals surface area (Å²) in [5.41, 5.74) is 0. The van der Waals surface area contributed by atoms with Crippen LogP contribution in [0, 0.1) is 0 Å². The van der Waals surface area contributed by atoms with E-state index in [1.54, 1.807) is 0 Å². The number of aromatic nitrogens is 2. The van der Waals surface area contributed by atoms with E-state index < -0.39 is 10.0 Å². The Kier molecular flexibility index (Phi) is 3.34. The molecule has 0 unspecified atom stereocenters. The SMILES string of the molecule is NS(=O)(=O)c1[nH]c(C2CCOCC2)nc1Br. The molecule has 0 atom stereocenters. The van der Waals surface area contributed by atoms with Gasteiger partial charge in [0.1, 0.15) is 10.4 Å². The molecule has 0 aromatic carbocycles. The van der Waals surface area contributed by atoms with E-state index in [1.165, 1.54) is 0 Å². The van der Waals surface area contributed by atoms with Crippen molar-refractivity contribution in [2.75, 3.05) is 13.2 Å². The first kappa shape index (κ1) is 12.0. The predicted octanol–water partition coefficient (Wildman–Crippen LogP) is 0.714. The van der Waals surface area contributed by atoms with E-state index in [0.29, 0.717) is 19.0 Å². The molecule has 1 aliphatic rings. The van der Waals surface area contributed by atoms with Gasteiger partial charge in [-0.05, 0) is 28.8 Å². The second kappa shape index (κ2) is 4.44. The number of nitrogens with two attached hydrogens (primary N) is 1. The van der Waals surface area contributed by atoms with E-state index >= 15 is 0 Å². The average Bonchev–Trinajstić information content (AvgIpc) is 2.61. The van der Waals surface area contributed by atoms with Crippen LogP contribution in [0.15, 0.2) is 9.63 Å². The minimum Gasteiger partial charge on any atom is -0.381 e. The molecule has 2 heterocycles. The topological polar surface area (TPSA) is 98.1 Å². The Morgan fingerprint density at radius 2 is 2.06 bits per heavy atom. The minimum atomic E-state index is -3.75. The van der Waals surface area contributed by atoms with Crippen LogP contribution in [-0.4, -0.2) is 31.6 Å². The van der Waals surface area contributed by atoms with E-state index in [0.717, 1.165) is 12.8 Å². The number of hydrogen-bond acceptors (Lipinski definition) is 4. The first-order chi connectivity index (χ1) is 7.48. The Balaban J connectivity index is 2.30. The number of nitrogens with zero attached hydrogens (tertiary/aromatic N) is 1. The van der Waals surface area contributed by atoms with Crippen molar-refractivity contribution in [1.29, 1.82) is 0 Å². The standard InChI is InChI=1S/C8H12BrN3O3S/c9-6-8(16(10,13)14)12-7(11-6)5-1-3-15-4-2-5/h5H,1-4H2,(H,11,12)(H2,10,13,14). The lowest BCUT2D eigenvalue weighted by Crippen LogP contribution is -2.16. The summed E-state index contributed by atoms with van der Waals surface area (Å²) in [6, 6.07) is 0. The second-order valence-electron chi connectivity index (χ2n) is 3.67. The molecule has 1 fully saturated rings. The normalized spacial score (nSPS) is 18.9. The molecular formula is C8H12BrN3O3S. The van der Waals surface area contributed by atoms with E-state index in [-0.39, 0.29) is 15.5 Å². The quantitative estimate of drug-likeness (QED) is 0.840. The lowest BCUT2D eigenvalue weighted by Gasteiger charge is -2.19. The zero-order valence-corrected chi connectivity index (χ0v) is 10.8. The molecule has 1 aromatic rings. The van der Waals surface area contributed by atoms with E-state index in [1.807, 2.05) is 0 Å². The fraction of sp³-hybridized carbons (Fsp3) is 0.625. The number of imidazole rings is 1. The van der Waals surface area contributed by atoms with Crippen LogP contribution >= 0.6 is 15.9 Å². The Bertz CT molecular complexity index is 479. The molecule has 0 spiro atoms. The van der Waals surface area contributed by atoms with Crippen LogP contribution < -0.4 is 5.14 Å². The predicted molar refractivity (Wildman–Crippen MR) is 60.5 cm³/mol. The van der Waals surface area contributed by atoms with Crippen LogP contribution in [0.5, 0.6) is 0 Å². The van der Waals surface area contributed by atoms with Crippen molar-refractivity contribution in [2.24, 2.45) is 5.14 Å². The second-order valence-corrected chi connectivity index (χ2v) is 5.92. The zero-order valence-electron chi connectivity index (χ0n) is 8.44. The van der Waals surface area contributed by atoms with Gasteiger partial charge in [-0.1, -0.05) is 0 Å². The van der Waals surface area contributed by atoms with E-state index in [9.17, 15) is 8.42 Å². The lowest BCUT2D eigenvalue weighted by molar-refractivity contribution is 0.0837. The van der Waals surface area contributed by atoms with Gasteiger partial charge in [0.05, 0.1) is 0 Å². The van der Waals surface area contributed by atoms with Crippen LogP contribution in [-0.2, 0) is 14.8 Å². The number of primary sulfonamides is 1. The summed E-state index contributed by atoms with van der Waals surface area (Å²) in [4.78, 5) is 6.91. The van der Waals surface area contributed by atoms with Gasteiger partial charge in [0, 0.05) is 19.1 Å². The summed E-state index contributed by atoms with van der Waals surface area (Å²) >= 11 is 3.09. The molecule has 2 rings (SSSR count). The van der Waals surface area contributed by atoms with Crippen molar-refractivity contribution in [2.45, 2.75) is 23.8 Å². The van der Waals surface area contributed by atoms with Crippen LogP contribution in [0.4, 0.5) is 0 Å². The van der Waals surface area contributed by atoms with Gasteiger partial charge in [-0.3, -0.25) is 0 Å². The van der Waals surface area contributed by atoms with E-state index in [4.69, 9.17) is 9.88 Å². The Hall–Kier alpha value is -0.440. The molecule has 90 valence electrons. The third-order valence-electron chi connectivity index (χ3n) is 2.54. The minimum absolute atomic E-state index is 0.0611. The first-order valence-corrected chi connectivity index (χ1v) is 7.18. The molecule has 0 radical (unpaired) electrons. The molecule has 6 nitrogen and oxygen atoms in total. The third kappa shape index (κ3) is 2.45. The number of H-pyrrole nitrogens is 1. The smallest absolute Gasteiger partial charge is 0.256 e. The van der Waals surface area contributed by atoms with Gasteiger partial charge >= 0.3 is 0 Å². The van der Waals surface area contributed by atoms with Gasteiger partial charge in [-0.15, -0.1) is 0 Å². The molecule has 3 N–H and O–H groups in total. The highest BCUT2D eigenvalue weighted by Gasteiger charge is 2.24. The molecule has 0 aliphatic carbocycles. The maximum atomic E-state index is 11.2. The van der Waals surface area contributed by atoms with Crippen molar-refractivity contribution >= 4 is 26.0 Å². The number of nitrogens with one attached hydrogen (secondary N) is 1. The highest BCUT2D eigenvalue weighted by molar-refractivity contribution is 9.10. The lowest BCUT2D eigenvalue weighted by atomic mass is 10.00. The number of halogens is 1. The Morgan fingerprint density at radius 1 is 1.44 bits per heavy atom. The van der Waals surface area contributed by atoms with Crippen LogP contribution in [0.1, 0.15) is 24.6 Å². The van der Waals surface area contributed by atoms with Gasteiger partial charge in [-0.25, -0.2) is 18.5 Å². The number of sulfonamides is 1. The van der Waals surface area contributed by atoms with Gasteiger partial charge < -0.3 is 9.72 Å². The summed E-state index contributed by atoms with van der Waals surface area (Å²) in [6.45, 7) is 1.35. The molecule has 8 heteroatoms. The van der Waals surface area contributed by atoms with Crippen LogP contribution in [0.2, 0.25) is 0 Å². The molecule has 0 bridgehead atoms. The highest BCUT2D eigenvalue weighted by Crippen LogP contribution is 2.28. The monoisotopic (exact) mass is 309 g/mol. The van der Waals surface area contributed by atoms with Crippen LogP contribution in [0.25, 0.3) is 0 Å². The molecule has 0 saturated carbocycles. The molecule has 0 amide bonds. The summed E-state index contributed by atoms with van der Waals surface area (Å²) in [5, 5.41) is 4.99. The maximum Gasteiger partial charge on any atom is 0.256 e.